The zero-order valence-corrected chi connectivity index (χ0v) is 12.4. The topological polar surface area (TPSA) is 59.3 Å². The van der Waals surface area contributed by atoms with Crippen LogP contribution in [0.4, 0.5) is 0 Å². The lowest BCUT2D eigenvalue weighted by atomic mass is 10.2. The van der Waals surface area contributed by atoms with Gasteiger partial charge >= 0.3 is 0 Å². The number of rotatable bonds is 5. The molecule has 0 amide bonds. The maximum Gasteiger partial charge on any atom is 0.199 e. The summed E-state index contributed by atoms with van der Waals surface area (Å²) in [6, 6.07) is 7.44. The average Bonchev–Trinajstić information content (AvgIpc) is 2.60. The molecule has 0 fully saturated rings. The first-order chi connectivity index (χ1) is 8.87. The van der Waals surface area contributed by atoms with Crippen LogP contribution in [0.3, 0.4) is 0 Å². The van der Waals surface area contributed by atoms with Crippen molar-refractivity contribution in [2.45, 2.75) is 19.5 Å². The van der Waals surface area contributed by atoms with Crippen LogP contribution in [0.5, 0.6) is 0 Å². The third-order valence-electron chi connectivity index (χ3n) is 2.83. The maximum absolute atomic E-state index is 11.2. The van der Waals surface area contributed by atoms with Gasteiger partial charge in [0.05, 0.1) is 5.75 Å². The van der Waals surface area contributed by atoms with E-state index in [1.165, 1.54) is 6.26 Å². The second-order valence-corrected chi connectivity index (χ2v) is 7.25. The largest absolute Gasteiger partial charge is 0.444 e. The molecule has 0 aliphatic heterocycles. The van der Waals surface area contributed by atoms with Gasteiger partial charge in [0.2, 0.25) is 0 Å². The van der Waals surface area contributed by atoms with E-state index in [2.05, 4.69) is 5.32 Å². The molecule has 0 bridgehead atoms. The summed E-state index contributed by atoms with van der Waals surface area (Å²) in [7, 11) is -2.99. The zero-order chi connectivity index (χ0) is 14.0. The van der Waals surface area contributed by atoms with Crippen LogP contribution < -0.4 is 5.32 Å². The summed E-state index contributed by atoms with van der Waals surface area (Å²) in [5.41, 5.74) is 1.60. The fraction of sp³-hybridized carbons (Fsp3) is 0.385. The Kier molecular flexibility index (Phi) is 4.18. The number of hydrogen-bond acceptors (Lipinski definition) is 4. The number of nitrogens with one attached hydrogen (secondary N) is 1. The highest BCUT2D eigenvalue weighted by atomic mass is 35.5. The van der Waals surface area contributed by atoms with Crippen molar-refractivity contribution in [3.63, 3.8) is 0 Å². The molecular formula is C13H16ClNO3S. The van der Waals surface area contributed by atoms with Gasteiger partial charge in [-0.3, -0.25) is 0 Å². The first-order valence-corrected chi connectivity index (χ1v) is 8.37. The Bertz CT molecular complexity index is 678. The monoisotopic (exact) mass is 301 g/mol. The van der Waals surface area contributed by atoms with E-state index < -0.39 is 9.84 Å². The van der Waals surface area contributed by atoms with Crippen molar-refractivity contribution in [1.29, 1.82) is 0 Å². The average molecular weight is 302 g/mol. The molecule has 0 aliphatic rings. The molecular weight excluding hydrogens is 286 g/mol. The number of halogens is 1. The summed E-state index contributed by atoms with van der Waals surface area (Å²) >= 11 is 6.06. The van der Waals surface area contributed by atoms with E-state index in [4.69, 9.17) is 16.0 Å². The number of furan rings is 1. The quantitative estimate of drug-likeness (QED) is 0.922. The molecule has 19 heavy (non-hydrogen) atoms. The Morgan fingerprint density at radius 3 is 2.74 bits per heavy atom. The van der Waals surface area contributed by atoms with Crippen LogP contribution in [-0.2, 0) is 16.4 Å². The lowest BCUT2D eigenvalue weighted by Crippen LogP contribution is -2.32. The summed E-state index contributed by atoms with van der Waals surface area (Å²) in [6.07, 6.45) is 1.23. The van der Waals surface area contributed by atoms with E-state index in [0.717, 1.165) is 16.5 Å². The Balaban J connectivity index is 2.12. The van der Waals surface area contributed by atoms with Crippen LogP contribution in [0.1, 0.15) is 12.5 Å². The van der Waals surface area contributed by atoms with Gasteiger partial charge in [0.25, 0.3) is 0 Å². The molecule has 2 rings (SSSR count). The molecule has 0 radical (unpaired) electrons. The lowest BCUT2D eigenvalue weighted by molar-refractivity contribution is 0.555. The fourth-order valence-corrected chi connectivity index (χ4v) is 3.30. The molecule has 6 heteroatoms. The first kappa shape index (κ1) is 14.4. The summed E-state index contributed by atoms with van der Waals surface area (Å²) in [4.78, 5) is 0. The number of fused-ring (bicyclic) bond motifs is 1. The van der Waals surface area contributed by atoms with E-state index in [0.29, 0.717) is 11.8 Å². The predicted octanol–water partition coefficient (Wildman–Crippen LogP) is 2.61. The maximum atomic E-state index is 11.2. The number of benzene rings is 1. The van der Waals surface area contributed by atoms with Crippen molar-refractivity contribution in [2.75, 3.05) is 12.0 Å². The highest BCUT2D eigenvalue weighted by molar-refractivity contribution is 7.90. The van der Waals surface area contributed by atoms with Crippen molar-refractivity contribution in [1.82, 2.24) is 5.32 Å². The van der Waals surface area contributed by atoms with Crippen LogP contribution >= 0.6 is 11.6 Å². The Morgan fingerprint density at radius 2 is 2.05 bits per heavy atom. The second kappa shape index (κ2) is 5.53. The minimum absolute atomic E-state index is 0.0976. The van der Waals surface area contributed by atoms with Crippen LogP contribution in [-0.4, -0.2) is 26.5 Å². The summed E-state index contributed by atoms with van der Waals surface area (Å²) in [5.74, 6) is 0.0976. The normalized spacial score (nSPS) is 13.8. The SMILES string of the molecule is CC(CS(C)(=O)=O)NCc1c(Cl)oc2ccccc12. The molecule has 1 N–H and O–H groups in total. The molecule has 1 aromatic heterocycles. The smallest absolute Gasteiger partial charge is 0.199 e. The van der Waals surface area contributed by atoms with Crippen LogP contribution in [0.15, 0.2) is 28.7 Å². The number of sulfone groups is 1. The molecule has 4 nitrogen and oxygen atoms in total. The highest BCUT2D eigenvalue weighted by Crippen LogP contribution is 2.29. The zero-order valence-electron chi connectivity index (χ0n) is 10.8. The standard InChI is InChI=1S/C13H16ClNO3S/c1-9(8-19(2,16)17)15-7-11-10-5-3-4-6-12(10)18-13(11)14/h3-6,9,15H,7-8H2,1-2H3. The Labute approximate surface area is 117 Å². The van der Waals surface area contributed by atoms with Crippen molar-refractivity contribution >= 4 is 32.4 Å². The van der Waals surface area contributed by atoms with E-state index >= 15 is 0 Å². The van der Waals surface area contributed by atoms with Gasteiger partial charge in [-0.15, -0.1) is 0 Å². The molecule has 1 atom stereocenters. The number of para-hydroxylation sites is 1. The molecule has 1 heterocycles. The highest BCUT2D eigenvalue weighted by Gasteiger charge is 2.14. The van der Waals surface area contributed by atoms with E-state index in [1.807, 2.05) is 31.2 Å². The third kappa shape index (κ3) is 3.72. The second-order valence-electron chi connectivity index (χ2n) is 4.72. The van der Waals surface area contributed by atoms with Gasteiger partial charge in [-0.25, -0.2) is 8.42 Å². The number of hydrogen-bond donors (Lipinski definition) is 1. The fourth-order valence-electron chi connectivity index (χ4n) is 2.02. The van der Waals surface area contributed by atoms with Crippen LogP contribution in [0.2, 0.25) is 5.22 Å². The first-order valence-electron chi connectivity index (χ1n) is 5.94. The molecule has 1 aromatic carbocycles. The van der Waals surface area contributed by atoms with Crippen molar-refractivity contribution < 1.29 is 12.8 Å². The lowest BCUT2D eigenvalue weighted by Gasteiger charge is -2.12. The van der Waals surface area contributed by atoms with Gasteiger partial charge < -0.3 is 9.73 Å². The Hall–Kier alpha value is -1.04. The molecule has 2 aromatic rings. The molecule has 0 saturated carbocycles. The van der Waals surface area contributed by atoms with Crippen LogP contribution in [0.25, 0.3) is 11.0 Å². The van der Waals surface area contributed by atoms with Crippen molar-refractivity contribution in [3.8, 4) is 0 Å². The summed E-state index contributed by atoms with van der Waals surface area (Å²) in [6.45, 7) is 2.31. The van der Waals surface area contributed by atoms with Crippen LogP contribution in [0, 0.1) is 0 Å². The van der Waals surface area contributed by atoms with Gasteiger partial charge in [0, 0.05) is 29.8 Å². The van der Waals surface area contributed by atoms with Gasteiger partial charge in [-0.05, 0) is 24.6 Å². The minimum atomic E-state index is -2.99. The molecule has 0 saturated heterocycles. The summed E-state index contributed by atoms with van der Waals surface area (Å²) in [5, 5.41) is 4.45. The molecule has 104 valence electrons. The third-order valence-corrected chi connectivity index (χ3v) is 4.24. The van der Waals surface area contributed by atoms with Crippen molar-refractivity contribution in [3.05, 3.63) is 35.0 Å². The van der Waals surface area contributed by atoms with Crippen molar-refractivity contribution in [2.24, 2.45) is 0 Å². The molecule has 1 unspecified atom stereocenters. The molecule has 0 spiro atoms. The van der Waals surface area contributed by atoms with E-state index in [9.17, 15) is 8.42 Å². The predicted molar refractivity (Wildman–Crippen MR) is 77.2 cm³/mol. The Morgan fingerprint density at radius 1 is 1.37 bits per heavy atom. The summed E-state index contributed by atoms with van der Waals surface area (Å²) < 4.78 is 27.8. The van der Waals surface area contributed by atoms with Gasteiger partial charge in [0.1, 0.15) is 15.4 Å². The minimum Gasteiger partial charge on any atom is -0.444 e. The van der Waals surface area contributed by atoms with E-state index in [-0.39, 0.29) is 11.8 Å². The molecule has 0 aliphatic carbocycles. The van der Waals surface area contributed by atoms with Gasteiger partial charge in [-0.2, -0.15) is 0 Å². The van der Waals surface area contributed by atoms with Gasteiger partial charge in [-0.1, -0.05) is 18.2 Å². The van der Waals surface area contributed by atoms with Gasteiger partial charge in [0.15, 0.2) is 5.22 Å². The van der Waals surface area contributed by atoms with E-state index in [1.54, 1.807) is 0 Å².